The van der Waals surface area contributed by atoms with Gasteiger partial charge in [-0.05, 0) is 7.05 Å². The van der Waals surface area contributed by atoms with E-state index in [-0.39, 0.29) is 12.1 Å². The second-order valence-corrected chi connectivity index (χ2v) is 3.70. The maximum Gasteiger partial charge on any atom is 0.407 e. The Morgan fingerprint density at radius 1 is 1.38 bits per heavy atom. The van der Waals surface area contributed by atoms with Crippen LogP contribution in [0, 0.1) is 0 Å². The van der Waals surface area contributed by atoms with Crippen LogP contribution in [0.25, 0.3) is 0 Å². The highest BCUT2D eigenvalue weighted by Crippen LogP contribution is 2.18. The number of hydrogen-bond donors (Lipinski definition) is 1. The Kier molecular flexibility index (Phi) is 2.13. The number of fused-ring (bicyclic) bond motifs is 2. The molecule has 0 radical (unpaired) electrons. The molecule has 0 saturated carbocycles. The van der Waals surface area contributed by atoms with Gasteiger partial charge in [-0.1, -0.05) is 0 Å². The average Bonchev–Trinajstić information content (AvgIpc) is 2.02. The molecule has 74 valence electrons. The Morgan fingerprint density at radius 2 is 1.92 bits per heavy atom. The van der Waals surface area contributed by atoms with Gasteiger partial charge in [0.25, 0.3) is 0 Å². The van der Waals surface area contributed by atoms with E-state index in [4.69, 9.17) is 9.84 Å². The van der Waals surface area contributed by atoms with Crippen LogP contribution in [0.4, 0.5) is 4.79 Å². The van der Waals surface area contributed by atoms with Gasteiger partial charge in [0.1, 0.15) is 0 Å². The molecule has 2 unspecified atom stereocenters. The molecule has 13 heavy (non-hydrogen) atoms. The van der Waals surface area contributed by atoms with E-state index >= 15 is 0 Å². The number of morpholine rings is 1. The SMILES string of the molecule is CN1C2COCC1CN(C(=O)O)C2. The lowest BCUT2D eigenvalue weighted by Crippen LogP contribution is -2.63. The van der Waals surface area contributed by atoms with Gasteiger partial charge < -0.3 is 14.7 Å². The first-order chi connectivity index (χ1) is 6.18. The van der Waals surface area contributed by atoms with Crippen LogP contribution in [0.3, 0.4) is 0 Å². The molecule has 2 fully saturated rings. The highest BCUT2D eigenvalue weighted by atomic mass is 16.5. The first kappa shape index (κ1) is 8.77. The summed E-state index contributed by atoms with van der Waals surface area (Å²) in [6, 6.07) is 0.479. The van der Waals surface area contributed by atoms with E-state index in [0.29, 0.717) is 26.3 Å². The van der Waals surface area contributed by atoms with Crippen molar-refractivity contribution in [3.05, 3.63) is 0 Å². The van der Waals surface area contributed by atoms with Gasteiger partial charge in [-0.25, -0.2) is 4.79 Å². The molecule has 2 bridgehead atoms. The molecule has 1 amide bonds. The van der Waals surface area contributed by atoms with Crippen molar-refractivity contribution in [1.29, 1.82) is 0 Å². The molecular formula is C8H14N2O3. The van der Waals surface area contributed by atoms with Gasteiger partial charge in [0.2, 0.25) is 0 Å². The number of amides is 1. The van der Waals surface area contributed by atoms with E-state index in [9.17, 15) is 4.79 Å². The predicted octanol–water partition coefficient (Wildman–Crippen LogP) is -0.321. The van der Waals surface area contributed by atoms with E-state index in [1.165, 1.54) is 4.90 Å². The molecule has 0 spiro atoms. The molecule has 0 aromatic heterocycles. The second kappa shape index (κ2) is 3.16. The fraction of sp³-hybridized carbons (Fsp3) is 0.875. The third-order valence-electron chi connectivity index (χ3n) is 2.91. The molecule has 2 rings (SSSR count). The summed E-state index contributed by atoms with van der Waals surface area (Å²) in [5.74, 6) is 0. The summed E-state index contributed by atoms with van der Waals surface area (Å²) in [5, 5.41) is 8.85. The molecule has 2 saturated heterocycles. The highest BCUT2D eigenvalue weighted by molar-refractivity contribution is 5.65. The van der Waals surface area contributed by atoms with Crippen LogP contribution in [-0.2, 0) is 4.74 Å². The van der Waals surface area contributed by atoms with Crippen molar-refractivity contribution in [3.8, 4) is 0 Å². The third kappa shape index (κ3) is 1.49. The molecular weight excluding hydrogens is 172 g/mol. The van der Waals surface area contributed by atoms with Crippen LogP contribution in [-0.4, -0.2) is 66.4 Å². The lowest BCUT2D eigenvalue weighted by Gasteiger charge is -2.47. The minimum Gasteiger partial charge on any atom is -0.465 e. The van der Waals surface area contributed by atoms with Crippen LogP contribution in [0.2, 0.25) is 0 Å². The van der Waals surface area contributed by atoms with Crippen LogP contribution in [0.1, 0.15) is 0 Å². The summed E-state index contributed by atoms with van der Waals surface area (Å²) in [7, 11) is 2.04. The van der Waals surface area contributed by atoms with Crippen molar-refractivity contribution in [1.82, 2.24) is 9.80 Å². The highest BCUT2D eigenvalue weighted by Gasteiger charge is 2.37. The monoisotopic (exact) mass is 186 g/mol. The number of ether oxygens (including phenoxy) is 1. The minimum atomic E-state index is -0.815. The number of carbonyl (C=O) groups is 1. The van der Waals surface area contributed by atoms with Gasteiger partial charge in [-0.3, -0.25) is 4.90 Å². The largest absolute Gasteiger partial charge is 0.465 e. The summed E-state index contributed by atoms with van der Waals surface area (Å²) < 4.78 is 5.37. The Morgan fingerprint density at radius 3 is 2.38 bits per heavy atom. The second-order valence-electron chi connectivity index (χ2n) is 3.70. The molecule has 2 heterocycles. The number of carboxylic acid groups (broad SMARTS) is 1. The van der Waals surface area contributed by atoms with Crippen LogP contribution in [0.5, 0.6) is 0 Å². The molecule has 5 nitrogen and oxygen atoms in total. The van der Waals surface area contributed by atoms with Gasteiger partial charge in [-0.15, -0.1) is 0 Å². The molecule has 1 N–H and O–H groups in total. The zero-order valence-electron chi connectivity index (χ0n) is 7.64. The molecule has 0 aliphatic carbocycles. The van der Waals surface area contributed by atoms with E-state index in [2.05, 4.69) is 4.90 Å². The maximum atomic E-state index is 10.8. The molecule has 0 aromatic rings. The number of likely N-dealkylation sites (N-methyl/N-ethyl adjacent to an activating group) is 1. The van der Waals surface area contributed by atoms with Gasteiger partial charge in [0.15, 0.2) is 0 Å². The van der Waals surface area contributed by atoms with Crippen molar-refractivity contribution in [2.75, 3.05) is 33.4 Å². The number of piperazine rings is 1. The summed E-state index contributed by atoms with van der Waals surface area (Å²) >= 11 is 0. The lowest BCUT2D eigenvalue weighted by molar-refractivity contribution is -0.0790. The number of hydrogen-bond acceptors (Lipinski definition) is 3. The van der Waals surface area contributed by atoms with E-state index in [1.54, 1.807) is 0 Å². The molecule has 0 aromatic carbocycles. The maximum absolute atomic E-state index is 10.8. The van der Waals surface area contributed by atoms with Gasteiger partial charge in [-0.2, -0.15) is 0 Å². The number of rotatable bonds is 0. The summed E-state index contributed by atoms with van der Waals surface area (Å²) in [4.78, 5) is 14.5. The van der Waals surface area contributed by atoms with Crippen LogP contribution in [0.15, 0.2) is 0 Å². The van der Waals surface area contributed by atoms with Crippen molar-refractivity contribution < 1.29 is 14.6 Å². The summed E-state index contributed by atoms with van der Waals surface area (Å²) in [6.07, 6.45) is -0.815. The first-order valence-corrected chi connectivity index (χ1v) is 4.46. The van der Waals surface area contributed by atoms with E-state index in [1.807, 2.05) is 7.05 Å². The summed E-state index contributed by atoms with van der Waals surface area (Å²) in [6.45, 7) is 2.44. The first-order valence-electron chi connectivity index (χ1n) is 4.46. The average molecular weight is 186 g/mol. The van der Waals surface area contributed by atoms with Crippen molar-refractivity contribution in [3.63, 3.8) is 0 Å². The fourth-order valence-electron chi connectivity index (χ4n) is 1.98. The Bertz CT molecular complexity index is 207. The summed E-state index contributed by atoms with van der Waals surface area (Å²) in [5.41, 5.74) is 0. The van der Waals surface area contributed by atoms with Gasteiger partial charge in [0.05, 0.1) is 25.3 Å². The third-order valence-corrected chi connectivity index (χ3v) is 2.91. The zero-order valence-corrected chi connectivity index (χ0v) is 7.64. The Labute approximate surface area is 76.9 Å². The van der Waals surface area contributed by atoms with Crippen molar-refractivity contribution in [2.45, 2.75) is 12.1 Å². The van der Waals surface area contributed by atoms with Crippen LogP contribution < -0.4 is 0 Å². The lowest BCUT2D eigenvalue weighted by atomic mass is 10.1. The van der Waals surface area contributed by atoms with Gasteiger partial charge in [0, 0.05) is 13.1 Å². The Hall–Kier alpha value is -0.810. The van der Waals surface area contributed by atoms with Crippen molar-refractivity contribution in [2.24, 2.45) is 0 Å². The normalized spacial score (nSPS) is 34.7. The van der Waals surface area contributed by atoms with E-state index < -0.39 is 6.09 Å². The standard InChI is InChI=1S/C8H14N2O3/c1-9-6-2-10(8(11)12)3-7(9)5-13-4-6/h6-7H,2-5H2,1H3,(H,11,12). The molecule has 2 aliphatic rings. The van der Waals surface area contributed by atoms with Crippen molar-refractivity contribution >= 4 is 6.09 Å². The molecule has 2 aliphatic heterocycles. The smallest absolute Gasteiger partial charge is 0.407 e. The van der Waals surface area contributed by atoms with E-state index in [0.717, 1.165) is 0 Å². The van der Waals surface area contributed by atoms with Crippen LogP contribution >= 0.6 is 0 Å². The predicted molar refractivity (Wildman–Crippen MR) is 45.8 cm³/mol. The topological polar surface area (TPSA) is 53.0 Å². The number of nitrogens with zero attached hydrogens (tertiary/aromatic N) is 2. The Balaban J connectivity index is 2.07. The quantitative estimate of drug-likeness (QED) is 0.563. The van der Waals surface area contributed by atoms with Gasteiger partial charge >= 0.3 is 6.09 Å². The molecule has 2 atom stereocenters. The minimum absolute atomic E-state index is 0.239. The molecule has 5 heteroatoms. The fourth-order valence-corrected chi connectivity index (χ4v) is 1.98. The zero-order chi connectivity index (χ0) is 9.42.